The average molecular weight is 668 g/mol. The highest BCUT2D eigenvalue weighted by atomic mass is 19.1. The highest BCUT2D eigenvalue weighted by molar-refractivity contribution is 5.87. The van der Waals surface area contributed by atoms with Gasteiger partial charge in [0.1, 0.15) is 11.6 Å². The first-order valence-electron chi connectivity index (χ1n) is 16.6. The van der Waals surface area contributed by atoms with Crippen molar-refractivity contribution in [2.24, 2.45) is 11.8 Å². The van der Waals surface area contributed by atoms with Gasteiger partial charge in [-0.15, -0.1) is 0 Å². The summed E-state index contributed by atoms with van der Waals surface area (Å²) in [6, 6.07) is 2.45. The minimum absolute atomic E-state index is 0.00226. The fourth-order valence-corrected chi connectivity index (χ4v) is 6.47. The number of rotatable bonds is 19. The van der Waals surface area contributed by atoms with Gasteiger partial charge in [0.05, 0.1) is 49.2 Å². The number of carbonyl (C=O) groups is 4. The van der Waals surface area contributed by atoms with Gasteiger partial charge < -0.3 is 35.2 Å². The molecule has 0 spiro atoms. The van der Waals surface area contributed by atoms with E-state index >= 15 is 0 Å². The number of nitrogens with zero attached hydrogens (tertiary/aromatic N) is 2. The molecule has 0 saturated carbocycles. The molecule has 266 valence electrons. The van der Waals surface area contributed by atoms with Crippen molar-refractivity contribution in [1.29, 1.82) is 0 Å². The minimum atomic E-state index is -0.663. The van der Waals surface area contributed by atoms with Gasteiger partial charge in [-0.25, -0.2) is 8.78 Å². The molecule has 3 N–H and O–H groups in total. The molecule has 0 aromatic heterocycles. The molecule has 6 atom stereocenters. The number of hydrogen-bond donors (Lipinski definition) is 3. The summed E-state index contributed by atoms with van der Waals surface area (Å²) in [7, 11) is 6.37. The van der Waals surface area contributed by atoms with Crippen LogP contribution in [0.4, 0.5) is 8.78 Å². The Morgan fingerprint density at radius 2 is 1.70 bits per heavy atom. The van der Waals surface area contributed by atoms with Gasteiger partial charge in [0.2, 0.25) is 23.6 Å². The third-order valence-electron chi connectivity index (χ3n) is 9.17. The van der Waals surface area contributed by atoms with Gasteiger partial charge in [0.25, 0.3) is 0 Å². The lowest BCUT2D eigenvalue weighted by atomic mass is 9.94. The summed E-state index contributed by atoms with van der Waals surface area (Å²) in [6.45, 7) is 7.89. The van der Waals surface area contributed by atoms with E-state index in [0.717, 1.165) is 12.8 Å². The first-order chi connectivity index (χ1) is 22.3. The fraction of sp³-hybridized carbons (Fsp3) is 0.706. The minimum Gasteiger partial charge on any atom is -0.379 e. The maximum atomic E-state index is 14.0. The van der Waals surface area contributed by atoms with Crippen molar-refractivity contribution >= 4 is 23.6 Å². The molecule has 1 saturated heterocycles. The van der Waals surface area contributed by atoms with Crippen LogP contribution in [0.1, 0.15) is 65.4 Å². The summed E-state index contributed by atoms with van der Waals surface area (Å²) in [6.07, 6.45) is 1.50. The molecule has 4 amide bonds. The van der Waals surface area contributed by atoms with E-state index in [9.17, 15) is 28.0 Å². The van der Waals surface area contributed by atoms with Crippen LogP contribution in [0.3, 0.4) is 0 Å². The predicted molar refractivity (Wildman–Crippen MR) is 175 cm³/mol. The van der Waals surface area contributed by atoms with Gasteiger partial charge in [-0.3, -0.25) is 19.2 Å². The van der Waals surface area contributed by atoms with Crippen LogP contribution in [0, 0.1) is 23.5 Å². The summed E-state index contributed by atoms with van der Waals surface area (Å²) in [5, 5.41) is 8.43. The number of carbonyl (C=O) groups excluding carboxylic acids is 4. The number of likely N-dealkylation sites (tertiary alicyclic amines) is 1. The Morgan fingerprint density at radius 1 is 1.04 bits per heavy atom. The van der Waals surface area contributed by atoms with Crippen molar-refractivity contribution in [3.05, 3.63) is 35.4 Å². The first-order valence-corrected chi connectivity index (χ1v) is 16.6. The summed E-state index contributed by atoms with van der Waals surface area (Å²) in [4.78, 5) is 55.9. The molecule has 1 heterocycles. The van der Waals surface area contributed by atoms with Crippen LogP contribution in [0.2, 0.25) is 0 Å². The van der Waals surface area contributed by atoms with Gasteiger partial charge in [-0.1, -0.05) is 40.2 Å². The van der Waals surface area contributed by atoms with Crippen molar-refractivity contribution in [3.63, 3.8) is 0 Å². The summed E-state index contributed by atoms with van der Waals surface area (Å²) in [5.74, 6) is -2.99. The van der Waals surface area contributed by atoms with E-state index in [1.165, 1.54) is 32.4 Å². The number of nitrogens with one attached hydrogen (secondary N) is 3. The monoisotopic (exact) mass is 667 g/mol. The molecule has 1 aliphatic rings. The van der Waals surface area contributed by atoms with Crippen LogP contribution in [-0.4, -0.2) is 112 Å². The maximum Gasteiger partial charge on any atom is 0.242 e. The predicted octanol–water partition coefficient (Wildman–Crippen LogP) is 2.66. The average Bonchev–Trinajstić information content (AvgIpc) is 3.52. The summed E-state index contributed by atoms with van der Waals surface area (Å²) in [5.41, 5.74) is -0.0870. The number of likely N-dealkylation sites (N-methyl/N-ethyl adjacent to an activating group) is 2. The standard InChI is InChI=1S/C34H55F2N5O6/c1-9-12-26(40(6)30(43)20-39-34(45)31(37-5)21(2)3)28(46-7)19-29(42)41-18-11-15-27(41)32(47-8)22(4)33(44)38-17-16-23-24(35)13-10-14-25(23)36/h10,13-14,21-22,26-28,31-32,37H,9,11-12,15-20H2,1-8H3,(H,38,44)(H,39,45)/t22?,26-,27?,28?,31?,32?/m0/s1. The Labute approximate surface area is 278 Å². The molecular weight excluding hydrogens is 612 g/mol. The van der Waals surface area contributed by atoms with Gasteiger partial charge in [-0.2, -0.15) is 0 Å². The Balaban J connectivity index is 2.06. The molecule has 47 heavy (non-hydrogen) atoms. The van der Waals surface area contributed by atoms with Crippen LogP contribution >= 0.6 is 0 Å². The zero-order valence-electron chi connectivity index (χ0n) is 29.2. The zero-order chi connectivity index (χ0) is 35.3. The highest BCUT2D eigenvalue weighted by Crippen LogP contribution is 2.28. The Morgan fingerprint density at radius 3 is 2.26 bits per heavy atom. The van der Waals surface area contributed by atoms with Gasteiger partial charge in [-0.05, 0) is 50.8 Å². The molecule has 2 rings (SSSR count). The number of methoxy groups -OCH3 is 2. The van der Waals surface area contributed by atoms with E-state index in [1.807, 2.05) is 20.8 Å². The lowest BCUT2D eigenvalue weighted by molar-refractivity contribution is -0.144. The second-order valence-electron chi connectivity index (χ2n) is 12.6. The molecular formula is C34H55F2N5O6. The van der Waals surface area contributed by atoms with Crippen molar-refractivity contribution in [3.8, 4) is 0 Å². The fourth-order valence-electron chi connectivity index (χ4n) is 6.47. The van der Waals surface area contributed by atoms with E-state index < -0.39 is 41.8 Å². The molecule has 1 fully saturated rings. The number of halogens is 2. The van der Waals surface area contributed by atoms with Crippen molar-refractivity contribution in [2.75, 3.05) is 47.9 Å². The number of ether oxygens (including phenoxy) is 2. The molecule has 1 aliphatic heterocycles. The molecule has 0 radical (unpaired) electrons. The Kier molecular flexibility index (Phi) is 16.7. The smallest absolute Gasteiger partial charge is 0.242 e. The number of amides is 4. The van der Waals surface area contributed by atoms with Gasteiger partial charge in [0, 0.05) is 39.9 Å². The highest BCUT2D eigenvalue weighted by Gasteiger charge is 2.41. The van der Waals surface area contributed by atoms with E-state index in [2.05, 4.69) is 16.0 Å². The third-order valence-corrected chi connectivity index (χ3v) is 9.17. The van der Waals surface area contributed by atoms with E-state index in [4.69, 9.17) is 9.47 Å². The Bertz CT molecular complexity index is 1170. The van der Waals surface area contributed by atoms with Crippen molar-refractivity contribution in [2.45, 2.75) is 96.6 Å². The number of benzene rings is 1. The molecule has 1 aromatic carbocycles. The second-order valence-corrected chi connectivity index (χ2v) is 12.6. The van der Waals surface area contributed by atoms with E-state index in [0.29, 0.717) is 19.4 Å². The van der Waals surface area contributed by atoms with Crippen LogP contribution in [0.25, 0.3) is 0 Å². The van der Waals surface area contributed by atoms with Crippen LogP contribution in [0.15, 0.2) is 18.2 Å². The summed E-state index contributed by atoms with van der Waals surface area (Å²) >= 11 is 0. The van der Waals surface area contributed by atoms with Gasteiger partial charge in [0.15, 0.2) is 0 Å². The van der Waals surface area contributed by atoms with Crippen LogP contribution in [-0.2, 0) is 35.1 Å². The molecule has 1 aromatic rings. The quantitative estimate of drug-likeness (QED) is 0.207. The number of hydrogen-bond acceptors (Lipinski definition) is 7. The molecule has 0 aliphatic carbocycles. The lowest BCUT2D eigenvalue weighted by Crippen LogP contribution is -2.53. The zero-order valence-corrected chi connectivity index (χ0v) is 29.2. The molecule has 0 bridgehead atoms. The largest absolute Gasteiger partial charge is 0.379 e. The van der Waals surface area contributed by atoms with Crippen molar-refractivity contribution < 1.29 is 37.4 Å². The second kappa shape index (κ2) is 19.6. The van der Waals surface area contributed by atoms with Crippen molar-refractivity contribution in [1.82, 2.24) is 25.8 Å². The molecule has 11 nitrogen and oxygen atoms in total. The summed E-state index contributed by atoms with van der Waals surface area (Å²) < 4.78 is 39.6. The Hall–Kier alpha value is -3.16. The first kappa shape index (κ1) is 40.0. The SMILES string of the molecule is CCC[C@@H](C(CC(=O)N1CCCC1C(OC)C(C)C(=O)NCCc1c(F)cccc1F)OC)N(C)C(=O)CNC(=O)C(NC)C(C)C. The molecule has 13 heteroatoms. The normalized spacial score (nSPS) is 17.9. The van der Waals surface area contributed by atoms with E-state index in [1.54, 1.807) is 30.8 Å². The van der Waals surface area contributed by atoms with Gasteiger partial charge >= 0.3 is 0 Å². The molecule has 5 unspecified atom stereocenters. The van der Waals surface area contributed by atoms with Crippen LogP contribution < -0.4 is 16.0 Å². The maximum absolute atomic E-state index is 14.0. The van der Waals surface area contributed by atoms with E-state index in [-0.39, 0.29) is 67.1 Å². The van der Waals surface area contributed by atoms with Crippen LogP contribution in [0.5, 0.6) is 0 Å². The third kappa shape index (κ3) is 10.9. The lowest BCUT2D eigenvalue weighted by Gasteiger charge is -2.37. The topological polar surface area (TPSA) is 129 Å².